The first-order valence-corrected chi connectivity index (χ1v) is 12.6. The fourth-order valence-corrected chi connectivity index (χ4v) is 4.91. The van der Waals surface area contributed by atoms with Crippen molar-refractivity contribution in [2.45, 2.75) is 30.9 Å². The zero-order chi connectivity index (χ0) is 25.5. The Labute approximate surface area is 218 Å². The molecule has 0 aliphatic rings. The minimum absolute atomic E-state index is 0.290. The standard InChI is InChI=1S/C26H25ClN4O4S/c1-3-34-24-15-20(11-14-23(24)35-17-19-9-12-21(27)13-10-19)25(16-30(32)33)36-26-29-28-18(2)31(26)22-7-5-4-6-8-22/h4-15,25H,3,16-17H2,1-2H3/t25-/m1/s1. The van der Waals surface area contributed by atoms with Gasteiger partial charge >= 0.3 is 0 Å². The van der Waals surface area contributed by atoms with Crippen molar-refractivity contribution in [3.05, 3.63) is 105 Å². The van der Waals surface area contributed by atoms with Crippen LogP contribution in [0.3, 0.4) is 0 Å². The molecule has 4 aromatic rings. The molecule has 0 amide bonds. The molecule has 186 valence electrons. The van der Waals surface area contributed by atoms with Crippen molar-refractivity contribution < 1.29 is 14.4 Å². The SMILES string of the molecule is CCOc1cc([C@@H](C[N+](=O)[O-])Sc2nnc(C)n2-c2ccccc2)ccc1OCc1ccc(Cl)cc1. The maximum atomic E-state index is 11.6. The van der Waals surface area contributed by atoms with Crippen molar-refractivity contribution in [3.63, 3.8) is 0 Å². The van der Waals surface area contributed by atoms with Crippen LogP contribution >= 0.6 is 23.4 Å². The van der Waals surface area contributed by atoms with Crippen LogP contribution in [-0.2, 0) is 6.61 Å². The van der Waals surface area contributed by atoms with Gasteiger partial charge in [0.25, 0.3) is 0 Å². The van der Waals surface area contributed by atoms with E-state index in [-0.39, 0.29) is 11.5 Å². The molecule has 0 N–H and O–H groups in total. The summed E-state index contributed by atoms with van der Waals surface area (Å²) in [5, 5.41) is 20.8. The molecule has 1 heterocycles. The Bertz CT molecular complexity index is 1320. The highest BCUT2D eigenvalue weighted by atomic mass is 35.5. The molecule has 0 saturated carbocycles. The van der Waals surface area contributed by atoms with Gasteiger partial charge in [0.1, 0.15) is 17.7 Å². The van der Waals surface area contributed by atoms with Gasteiger partial charge in [-0.1, -0.05) is 59.8 Å². The van der Waals surface area contributed by atoms with Gasteiger partial charge in [-0.25, -0.2) is 0 Å². The van der Waals surface area contributed by atoms with Gasteiger partial charge < -0.3 is 9.47 Å². The molecule has 36 heavy (non-hydrogen) atoms. The number of nitro groups is 1. The Morgan fingerprint density at radius 3 is 2.47 bits per heavy atom. The average molecular weight is 525 g/mol. The molecule has 0 fully saturated rings. The highest BCUT2D eigenvalue weighted by Crippen LogP contribution is 2.39. The predicted molar refractivity (Wildman–Crippen MR) is 140 cm³/mol. The van der Waals surface area contributed by atoms with E-state index >= 15 is 0 Å². The van der Waals surface area contributed by atoms with Crippen LogP contribution in [0.25, 0.3) is 5.69 Å². The number of para-hydroxylation sites is 1. The summed E-state index contributed by atoms with van der Waals surface area (Å²) >= 11 is 7.26. The molecule has 0 saturated heterocycles. The van der Waals surface area contributed by atoms with Crippen molar-refractivity contribution in [1.29, 1.82) is 0 Å². The van der Waals surface area contributed by atoms with E-state index < -0.39 is 5.25 Å². The number of halogens is 1. The van der Waals surface area contributed by atoms with Gasteiger partial charge in [0.2, 0.25) is 6.54 Å². The second-order valence-electron chi connectivity index (χ2n) is 7.88. The topological polar surface area (TPSA) is 92.3 Å². The quantitative estimate of drug-likeness (QED) is 0.129. The minimum Gasteiger partial charge on any atom is -0.490 e. The maximum absolute atomic E-state index is 11.6. The zero-order valence-corrected chi connectivity index (χ0v) is 21.4. The lowest BCUT2D eigenvalue weighted by molar-refractivity contribution is -0.479. The van der Waals surface area contributed by atoms with Gasteiger partial charge in [-0.2, -0.15) is 0 Å². The third-order valence-electron chi connectivity index (χ3n) is 5.32. The molecular weight excluding hydrogens is 500 g/mol. The normalized spacial score (nSPS) is 11.8. The van der Waals surface area contributed by atoms with Crippen LogP contribution in [0.2, 0.25) is 5.02 Å². The fourth-order valence-electron chi connectivity index (χ4n) is 3.62. The van der Waals surface area contributed by atoms with Crippen LogP contribution in [0, 0.1) is 17.0 Å². The predicted octanol–water partition coefficient (Wildman–Crippen LogP) is 6.32. The van der Waals surface area contributed by atoms with E-state index in [1.54, 1.807) is 12.1 Å². The molecule has 1 aromatic heterocycles. The number of rotatable bonds is 11. The summed E-state index contributed by atoms with van der Waals surface area (Å²) in [7, 11) is 0. The Hall–Kier alpha value is -3.56. The number of thioether (sulfide) groups is 1. The summed E-state index contributed by atoms with van der Waals surface area (Å²) in [5.41, 5.74) is 2.59. The average Bonchev–Trinajstić information content (AvgIpc) is 3.24. The number of aryl methyl sites for hydroxylation is 1. The summed E-state index contributed by atoms with van der Waals surface area (Å²) in [6.45, 7) is 4.21. The lowest BCUT2D eigenvalue weighted by atomic mass is 10.1. The van der Waals surface area contributed by atoms with Crippen molar-refractivity contribution in [2.75, 3.05) is 13.2 Å². The van der Waals surface area contributed by atoms with Crippen LogP contribution < -0.4 is 9.47 Å². The summed E-state index contributed by atoms with van der Waals surface area (Å²) < 4.78 is 13.7. The van der Waals surface area contributed by atoms with Gasteiger partial charge in [-0.15, -0.1) is 10.2 Å². The molecule has 1 atom stereocenters. The van der Waals surface area contributed by atoms with Gasteiger partial charge in [0.05, 0.1) is 6.61 Å². The maximum Gasteiger partial charge on any atom is 0.220 e. The summed E-state index contributed by atoms with van der Waals surface area (Å²) in [6, 6.07) is 22.5. The number of ether oxygens (including phenoxy) is 2. The third-order valence-corrected chi connectivity index (χ3v) is 6.75. The van der Waals surface area contributed by atoms with Gasteiger partial charge in [0.15, 0.2) is 16.7 Å². The molecule has 8 nitrogen and oxygen atoms in total. The first kappa shape index (κ1) is 25.5. The lowest BCUT2D eigenvalue weighted by Crippen LogP contribution is -2.11. The Morgan fingerprint density at radius 2 is 1.78 bits per heavy atom. The largest absolute Gasteiger partial charge is 0.490 e. The number of hydrogen-bond acceptors (Lipinski definition) is 7. The fraction of sp³-hybridized carbons (Fsp3) is 0.231. The van der Waals surface area contributed by atoms with Crippen molar-refractivity contribution in [1.82, 2.24) is 14.8 Å². The smallest absolute Gasteiger partial charge is 0.220 e. The van der Waals surface area contributed by atoms with Crippen molar-refractivity contribution >= 4 is 23.4 Å². The molecule has 4 rings (SSSR count). The second-order valence-corrected chi connectivity index (χ2v) is 9.48. The van der Waals surface area contributed by atoms with E-state index in [1.807, 2.05) is 79.1 Å². The highest BCUT2D eigenvalue weighted by molar-refractivity contribution is 7.99. The lowest BCUT2D eigenvalue weighted by Gasteiger charge is -2.17. The van der Waals surface area contributed by atoms with Crippen LogP contribution in [0.5, 0.6) is 11.5 Å². The van der Waals surface area contributed by atoms with Crippen LogP contribution in [0.4, 0.5) is 0 Å². The van der Waals surface area contributed by atoms with Crippen LogP contribution in [-0.4, -0.2) is 32.8 Å². The number of hydrogen-bond donors (Lipinski definition) is 0. The number of aromatic nitrogens is 3. The summed E-state index contributed by atoms with van der Waals surface area (Å²) in [6.07, 6.45) is 0. The van der Waals surface area contributed by atoms with Gasteiger partial charge in [-0.3, -0.25) is 14.7 Å². The zero-order valence-electron chi connectivity index (χ0n) is 19.8. The summed E-state index contributed by atoms with van der Waals surface area (Å²) in [4.78, 5) is 11.3. The van der Waals surface area contributed by atoms with Crippen molar-refractivity contribution in [2.24, 2.45) is 0 Å². The molecule has 10 heteroatoms. The molecule has 0 unspecified atom stereocenters. The first-order chi connectivity index (χ1) is 17.4. The number of nitrogens with zero attached hydrogens (tertiary/aromatic N) is 4. The molecule has 0 bridgehead atoms. The van der Waals surface area contributed by atoms with Crippen molar-refractivity contribution in [3.8, 4) is 17.2 Å². The Balaban J connectivity index is 1.61. The number of benzene rings is 3. The van der Waals surface area contributed by atoms with E-state index in [2.05, 4.69) is 10.2 Å². The molecule has 0 spiro atoms. The second kappa shape index (κ2) is 11.9. The van der Waals surface area contributed by atoms with Gasteiger partial charge in [0, 0.05) is 15.6 Å². The molecule has 3 aromatic carbocycles. The van der Waals surface area contributed by atoms with E-state index in [1.165, 1.54) is 11.8 Å². The van der Waals surface area contributed by atoms with Crippen LogP contribution in [0.15, 0.2) is 78.0 Å². The first-order valence-electron chi connectivity index (χ1n) is 11.3. The molecule has 0 aliphatic heterocycles. The minimum atomic E-state index is -0.518. The van der Waals surface area contributed by atoms with Crippen LogP contribution in [0.1, 0.15) is 29.1 Å². The summed E-state index contributed by atoms with van der Waals surface area (Å²) in [5.74, 6) is 1.78. The third kappa shape index (κ3) is 6.35. The highest BCUT2D eigenvalue weighted by Gasteiger charge is 2.25. The Kier molecular flexibility index (Phi) is 8.45. The van der Waals surface area contributed by atoms with E-state index in [9.17, 15) is 10.1 Å². The Morgan fingerprint density at radius 1 is 1.03 bits per heavy atom. The molecule has 0 radical (unpaired) electrons. The monoisotopic (exact) mass is 524 g/mol. The van der Waals surface area contributed by atoms with E-state index in [0.717, 1.165) is 16.8 Å². The molecular formula is C26H25ClN4O4S. The van der Waals surface area contributed by atoms with E-state index in [4.69, 9.17) is 21.1 Å². The van der Waals surface area contributed by atoms with Gasteiger partial charge in [-0.05, 0) is 61.4 Å². The molecule has 0 aliphatic carbocycles. The van der Waals surface area contributed by atoms with E-state index in [0.29, 0.717) is 40.7 Å².